The molecule has 0 bridgehead atoms. The van der Waals surface area contributed by atoms with Crippen LogP contribution in [0, 0.1) is 12.8 Å². The summed E-state index contributed by atoms with van der Waals surface area (Å²) < 4.78 is 3.33. The van der Waals surface area contributed by atoms with Gasteiger partial charge in [0, 0.05) is 18.8 Å². The van der Waals surface area contributed by atoms with E-state index in [9.17, 15) is 9.59 Å². The molecule has 0 radical (unpaired) electrons. The molecule has 33 heavy (non-hydrogen) atoms. The minimum absolute atomic E-state index is 0.201. The maximum absolute atomic E-state index is 13.4. The van der Waals surface area contributed by atoms with Gasteiger partial charge in [-0.05, 0) is 71.4 Å². The highest BCUT2D eigenvalue weighted by molar-refractivity contribution is 9.10. The fourth-order valence-electron chi connectivity index (χ4n) is 3.59. The zero-order valence-corrected chi connectivity index (χ0v) is 19.9. The Balaban J connectivity index is 1.54. The van der Waals surface area contributed by atoms with Crippen molar-refractivity contribution in [3.05, 3.63) is 69.3 Å². The summed E-state index contributed by atoms with van der Waals surface area (Å²) in [6, 6.07) is 8.60. The lowest BCUT2D eigenvalue weighted by Gasteiger charge is -2.16. The predicted molar refractivity (Wildman–Crippen MR) is 127 cm³/mol. The Morgan fingerprint density at radius 2 is 2.03 bits per heavy atom. The lowest BCUT2D eigenvalue weighted by Crippen LogP contribution is -2.30. The van der Waals surface area contributed by atoms with Gasteiger partial charge in [-0.3, -0.25) is 9.59 Å². The molecule has 2 amide bonds. The third kappa shape index (κ3) is 4.23. The number of halogens is 2. The van der Waals surface area contributed by atoms with E-state index in [2.05, 4.69) is 41.7 Å². The van der Waals surface area contributed by atoms with Crippen molar-refractivity contribution in [2.75, 3.05) is 11.9 Å². The topological polar surface area (TPSA) is 106 Å². The number of carbonyl (C=O) groups is 2. The summed E-state index contributed by atoms with van der Waals surface area (Å²) in [5.74, 6) is 0.0641. The number of aryl methyl sites for hydroxylation is 1. The first-order chi connectivity index (χ1) is 15.9. The summed E-state index contributed by atoms with van der Waals surface area (Å²) in [6.45, 7) is 2.43. The molecule has 11 heteroatoms. The average molecular weight is 529 g/mol. The molecule has 1 aliphatic rings. The Labute approximate surface area is 202 Å². The van der Waals surface area contributed by atoms with Crippen LogP contribution in [-0.2, 0) is 0 Å². The molecule has 2 N–H and O–H groups in total. The van der Waals surface area contributed by atoms with Crippen molar-refractivity contribution in [1.82, 2.24) is 29.7 Å². The normalized spacial score (nSPS) is 13.3. The molecule has 0 aromatic carbocycles. The van der Waals surface area contributed by atoms with Crippen LogP contribution in [0.4, 0.5) is 5.69 Å². The molecule has 4 heterocycles. The molecule has 168 valence electrons. The lowest BCUT2D eigenvalue weighted by molar-refractivity contribution is 0.0945. The zero-order valence-electron chi connectivity index (χ0n) is 17.5. The number of fused-ring (bicyclic) bond motifs is 1. The SMILES string of the molecule is Cc1cc2ccnn2c(C(=O)NCC2CC2)c1NC(=O)c1cc(Br)nn1-c1ncccc1Cl. The number of pyridine rings is 2. The molecule has 0 unspecified atom stereocenters. The van der Waals surface area contributed by atoms with Crippen LogP contribution in [0.15, 0.2) is 47.3 Å². The number of nitrogens with zero attached hydrogens (tertiary/aromatic N) is 5. The van der Waals surface area contributed by atoms with Crippen LogP contribution in [0.3, 0.4) is 0 Å². The number of amides is 2. The molecule has 4 aromatic heterocycles. The number of rotatable bonds is 6. The molecular formula is C22H19BrClN7O2. The van der Waals surface area contributed by atoms with Crippen LogP contribution in [-0.4, -0.2) is 42.7 Å². The molecular weight excluding hydrogens is 510 g/mol. The van der Waals surface area contributed by atoms with E-state index in [-0.39, 0.29) is 17.3 Å². The minimum atomic E-state index is -0.472. The van der Waals surface area contributed by atoms with Gasteiger partial charge < -0.3 is 10.6 Å². The summed E-state index contributed by atoms with van der Waals surface area (Å²) in [6.07, 6.45) is 5.41. The van der Waals surface area contributed by atoms with Crippen molar-refractivity contribution >= 4 is 50.5 Å². The predicted octanol–water partition coefficient (Wildman–Crippen LogP) is 4.03. The van der Waals surface area contributed by atoms with Crippen LogP contribution in [0.2, 0.25) is 5.02 Å². The first kappa shape index (κ1) is 21.6. The van der Waals surface area contributed by atoms with E-state index in [1.54, 1.807) is 30.6 Å². The van der Waals surface area contributed by atoms with Crippen LogP contribution < -0.4 is 10.6 Å². The van der Waals surface area contributed by atoms with E-state index >= 15 is 0 Å². The van der Waals surface area contributed by atoms with Crippen molar-refractivity contribution in [2.24, 2.45) is 5.92 Å². The van der Waals surface area contributed by atoms with Gasteiger partial charge >= 0.3 is 0 Å². The third-order valence-electron chi connectivity index (χ3n) is 5.43. The van der Waals surface area contributed by atoms with Crippen LogP contribution in [0.25, 0.3) is 11.3 Å². The largest absolute Gasteiger partial charge is 0.350 e. The first-order valence-electron chi connectivity index (χ1n) is 10.4. The molecule has 0 spiro atoms. The molecule has 1 saturated carbocycles. The monoisotopic (exact) mass is 527 g/mol. The standard InChI is InChI=1S/C22H19BrClN7O2/c1-12-9-14-6-8-27-30(14)19(22(33)26-11-13-4-5-13)18(12)28-21(32)16-10-17(23)29-31(16)20-15(24)3-2-7-25-20/h2-3,6-10,13H,4-5,11H2,1H3,(H,26,33)(H,28,32). The van der Waals surface area contributed by atoms with Gasteiger partial charge in [0.1, 0.15) is 10.3 Å². The second kappa shape index (κ2) is 8.60. The van der Waals surface area contributed by atoms with Crippen molar-refractivity contribution in [2.45, 2.75) is 19.8 Å². The second-order valence-corrected chi connectivity index (χ2v) is 9.12. The fourth-order valence-corrected chi connectivity index (χ4v) is 4.17. The van der Waals surface area contributed by atoms with E-state index in [1.165, 1.54) is 9.20 Å². The number of hydrogen-bond acceptors (Lipinski definition) is 5. The second-order valence-electron chi connectivity index (χ2n) is 7.90. The Bertz CT molecular complexity index is 1390. The van der Waals surface area contributed by atoms with Crippen molar-refractivity contribution in [3.8, 4) is 5.82 Å². The van der Waals surface area contributed by atoms with Gasteiger partial charge in [0.05, 0.1) is 22.4 Å². The summed E-state index contributed by atoms with van der Waals surface area (Å²) in [5.41, 5.74) is 2.33. The summed E-state index contributed by atoms with van der Waals surface area (Å²) in [7, 11) is 0. The van der Waals surface area contributed by atoms with Crippen molar-refractivity contribution in [1.29, 1.82) is 0 Å². The molecule has 4 aromatic rings. The fraction of sp³-hybridized carbons (Fsp3) is 0.227. The molecule has 0 saturated heterocycles. The quantitative estimate of drug-likeness (QED) is 0.393. The van der Waals surface area contributed by atoms with Crippen LogP contribution in [0.1, 0.15) is 39.4 Å². The number of carbonyl (C=O) groups excluding carboxylic acids is 2. The maximum atomic E-state index is 13.4. The molecule has 0 atom stereocenters. The highest BCUT2D eigenvalue weighted by Gasteiger charge is 2.26. The number of anilines is 1. The van der Waals surface area contributed by atoms with E-state index in [0.29, 0.717) is 33.6 Å². The Morgan fingerprint density at radius 1 is 1.21 bits per heavy atom. The minimum Gasteiger partial charge on any atom is -0.350 e. The smallest absolute Gasteiger partial charge is 0.274 e. The molecule has 0 aliphatic heterocycles. The van der Waals surface area contributed by atoms with E-state index < -0.39 is 5.91 Å². The molecule has 9 nitrogen and oxygen atoms in total. The Morgan fingerprint density at radius 3 is 2.79 bits per heavy atom. The average Bonchev–Trinajstić information content (AvgIpc) is 3.37. The van der Waals surface area contributed by atoms with Gasteiger partial charge in [0.15, 0.2) is 11.5 Å². The Hall–Kier alpha value is -3.24. The summed E-state index contributed by atoms with van der Waals surface area (Å²) in [4.78, 5) is 30.8. The van der Waals surface area contributed by atoms with Gasteiger partial charge in [-0.25, -0.2) is 14.2 Å². The van der Waals surface area contributed by atoms with Gasteiger partial charge in [-0.15, -0.1) is 0 Å². The van der Waals surface area contributed by atoms with Crippen molar-refractivity contribution < 1.29 is 9.59 Å². The number of nitrogens with one attached hydrogen (secondary N) is 2. The highest BCUT2D eigenvalue weighted by atomic mass is 79.9. The summed E-state index contributed by atoms with van der Waals surface area (Å²) >= 11 is 9.60. The van der Waals surface area contributed by atoms with E-state index in [4.69, 9.17) is 11.6 Å². The van der Waals surface area contributed by atoms with Gasteiger partial charge in [-0.1, -0.05) is 11.6 Å². The molecule has 5 rings (SSSR count). The lowest BCUT2D eigenvalue weighted by atomic mass is 10.1. The summed E-state index contributed by atoms with van der Waals surface area (Å²) in [5, 5.41) is 14.8. The number of hydrogen-bond donors (Lipinski definition) is 2. The van der Waals surface area contributed by atoms with Gasteiger partial charge in [0.2, 0.25) is 0 Å². The molecule has 1 fully saturated rings. The third-order valence-corrected chi connectivity index (χ3v) is 6.12. The van der Waals surface area contributed by atoms with Gasteiger partial charge in [-0.2, -0.15) is 10.2 Å². The maximum Gasteiger partial charge on any atom is 0.274 e. The van der Waals surface area contributed by atoms with E-state index in [1.807, 2.05) is 19.1 Å². The van der Waals surface area contributed by atoms with E-state index in [0.717, 1.165) is 23.9 Å². The number of aromatic nitrogens is 5. The van der Waals surface area contributed by atoms with Crippen LogP contribution >= 0.6 is 27.5 Å². The zero-order chi connectivity index (χ0) is 23.1. The highest BCUT2D eigenvalue weighted by Crippen LogP contribution is 2.29. The molecule has 1 aliphatic carbocycles. The Kier molecular flexibility index (Phi) is 5.63. The van der Waals surface area contributed by atoms with Gasteiger partial charge in [0.25, 0.3) is 11.8 Å². The first-order valence-corrected chi connectivity index (χ1v) is 11.5. The van der Waals surface area contributed by atoms with Crippen molar-refractivity contribution in [3.63, 3.8) is 0 Å². The van der Waals surface area contributed by atoms with Crippen LogP contribution in [0.5, 0.6) is 0 Å².